The molecule has 2 amide bonds. The zero-order chi connectivity index (χ0) is 17.0. The number of carboxylic acids is 1. The van der Waals surface area contributed by atoms with Gasteiger partial charge in [-0.05, 0) is 43.4 Å². The average Bonchev–Trinajstić information content (AvgIpc) is 2.55. The summed E-state index contributed by atoms with van der Waals surface area (Å²) >= 11 is 0. The lowest BCUT2D eigenvalue weighted by Crippen LogP contribution is -2.48. The number of hydrogen-bond donors (Lipinski definition) is 2. The van der Waals surface area contributed by atoms with Gasteiger partial charge in [0.15, 0.2) is 6.04 Å². The Morgan fingerprint density at radius 1 is 1.30 bits per heavy atom. The Labute approximate surface area is 136 Å². The summed E-state index contributed by atoms with van der Waals surface area (Å²) in [7, 11) is 1.70. The minimum absolute atomic E-state index is 0.0804. The van der Waals surface area contributed by atoms with Crippen molar-refractivity contribution >= 4 is 12.0 Å². The van der Waals surface area contributed by atoms with Crippen LogP contribution in [0.2, 0.25) is 0 Å². The van der Waals surface area contributed by atoms with Gasteiger partial charge in [0, 0.05) is 26.3 Å². The highest BCUT2D eigenvalue weighted by molar-refractivity contribution is 5.84. The van der Waals surface area contributed by atoms with E-state index in [1.807, 2.05) is 26.0 Å². The molecule has 2 N–H and O–H groups in total. The van der Waals surface area contributed by atoms with Crippen LogP contribution in [0.5, 0.6) is 0 Å². The van der Waals surface area contributed by atoms with Crippen molar-refractivity contribution < 1.29 is 19.4 Å². The van der Waals surface area contributed by atoms with Crippen LogP contribution in [0.25, 0.3) is 0 Å². The fraction of sp³-hybridized carbons (Fsp3) is 0.529. The highest BCUT2D eigenvalue weighted by Crippen LogP contribution is 2.22. The van der Waals surface area contributed by atoms with E-state index in [0.29, 0.717) is 18.8 Å². The van der Waals surface area contributed by atoms with Crippen LogP contribution in [0.15, 0.2) is 18.2 Å². The molecule has 1 atom stereocenters. The quantitative estimate of drug-likeness (QED) is 0.892. The monoisotopic (exact) mass is 320 g/mol. The van der Waals surface area contributed by atoms with E-state index in [0.717, 1.165) is 24.0 Å². The highest BCUT2D eigenvalue weighted by Gasteiger charge is 2.28. The van der Waals surface area contributed by atoms with Crippen LogP contribution in [-0.2, 0) is 9.53 Å². The summed E-state index contributed by atoms with van der Waals surface area (Å²) in [5, 5.41) is 12.2. The molecule has 0 saturated carbocycles. The molecule has 0 spiro atoms. The summed E-state index contributed by atoms with van der Waals surface area (Å²) in [6.45, 7) is 5.05. The molecule has 1 aliphatic rings. The van der Waals surface area contributed by atoms with E-state index in [-0.39, 0.29) is 12.1 Å². The number of hydrogen-bond acceptors (Lipinski definition) is 3. The second-order valence-corrected chi connectivity index (χ2v) is 5.96. The Morgan fingerprint density at radius 3 is 2.57 bits per heavy atom. The lowest BCUT2D eigenvalue weighted by atomic mass is 9.97. The predicted octanol–water partition coefficient (Wildman–Crippen LogP) is 2.25. The van der Waals surface area contributed by atoms with Crippen LogP contribution in [0.3, 0.4) is 0 Å². The van der Waals surface area contributed by atoms with Crippen molar-refractivity contribution in [3.63, 3.8) is 0 Å². The molecule has 0 bridgehead atoms. The van der Waals surface area contributed by atoms with Crippen molar-refractivity contribution in [1.29, 1.82) is 0 Å². The number of rotatable bonds is 4. The molecular formula is C17H24N2O4. The van der Waals surface area contributed by atoms with Gasteiger partial charge in [-0.25, -0.2) is 9.59 Å². The van der Waals surface area contributed by atoms with Gasteiger partial charge in [-0.3, -0.25) is 0 Å². The minimum Gasteiger partial charge on any atom is -0.479 e. The van der Waals surface area contributed by atoms with E-state index in [9.17, 15) is 14.7 Å². The summed E-state index contributed by atoms with van der Waals surface area (Å²) in [5.74, 6) is -1.06. The second-order valence-electron chi connectivity index (χ2n) is 5.96. The molecule has 1 unspecified atom stereocenters. The normalized spacial score (nSPS) is 16.7. The van der Waals surface area contributed by atoms with Crippen molar-refractivity contribution in [3.05, 3.63) is 34.9 Å². The predicted molar refractivity (Wildman–Crippen MR) is 86.4 cm³/mol. The Morgan fingerprint density at radius 2 is 1.96 bits per heavy atom. The van der Waals surface area contributed by atoms with E-state index in [4.69, 9.17) is 4.74 Å². The largest absolute Gasteiger partial charge is 0.479 e. The molecule has 1 saturated heterocycles. The molecule has 6 nitrogen and oxygen atoms in total. The van der Waals surface area contributed by atoms with Crippen LogP contribution in [0.4, 0.5) is 4.79 Å². The molecule has 1 heterocycles. The number of benzene rings is 1. The molecule has 1 aromatic carbocycles. The first-order chi connectivity index (χ1) is 10.9. The van der Waals surface area contributed by atoms with Crippen LogP contribution in [0, 0.1) is 13.8 Å². The van der Waals surface area contributed by atoms with Crippen LogP contribution in [0.1, 0.15) is 35.6 Å². The summed E-state index contributed by atoms with van der Waals surface area (Å²) < 4.78 is 5.29. The van der Waals surface area contributed by atoms with Gasteiger partial charge in [-0.15, -0.1) is 0 Å². The highest BCUT2D eigenvalue weighted by atomic mass is 16.5. The lowest BCUT2D eigenvalue weighted by Gasteiger charge is -2.32. The van der Waals surface area contributed by atoms with Crippen molar-refractivity contribution in [1.82, 2.24) is 10.2 Å². The lowest BCUT2D eigenvalue weighted by molar-refractivity contribution is -0.139. The van der Waals surface area contributed by atoms with E-state index >= 15 is 0 Å². The van der Waals surface area contributed by atoms with Gasteiger partial charge in [0.05, 0.1) is 0 Å². The first-order valence-electron chi connectivity index (χ1n) is 7.81. The number of aliphatic carboxylic acids is 1. The SMILES string of the molecule is Cc1cccc(C(NC(=O)N(C)C2CCOCC2)C(=O)O)c1C. The van der Waals surface area contributed by atoms with E-state index in [2.05, 4.69) is 5.32 Å². The summed E-state index contributed by atoms with van der Waals surface area (Å²) in [4.78, 5) is 25.7. The second kappa shape index (κ2) is 7.46. The smallest absolute Gasteiger partial charge is 0.330 e. The maximum atomic E-state index is 12.4. The van der Waals surface area contributed by atoms with Crippen molar-refractivity contribution in [2.75, 3.05) is 20.3 Å². The number of carboxylic acid groups (broad SMARTS) is 1. The fourth-order valence-electron chi connectivity index (χ4n) is 2.82. The molecule has 0 radical (unpaired) electrons. The third-order valence-corrected chi connectivity index (χ3v) is 4.53. The number of carbonyl (C=O) groups excluding carboxylic acids is 1. The number of aryl methyl sites for hydroxylation is 1. The summed E-state index contributed by atoms with van der Waals surface area (Å²) in [5.41, 5.74) is 2.50. The van der Waals surface area contributed by atoms with Crippen molar-refractivity contribution in [2.24, 2.45) is 0 Å². The van der Waals surface area contributed by atoms with Gasteiger partial charge in [-0.2, -0.15) is 0 Å². The average molecular weight is 320 g/mol. The van der Waals surface area contributed by atoms with Crippen LogP contribution < -0.4 is 5.32 Å². The minimum atomic E-state index is -1.06. The molecule has 2 rings (SSSR count). The molecule has 1 aromatic rings. The maximum Gasteiger partial charge on any atom is 0.330 e. The first-order valence-corrected chi connectivity index (χ1v) is 7.81. The molecule has 126 valence electrons. The van der Waals surface area contributed by atoms with Crippen LogP contribution >= 0.6 is 0 Å². The molecule has 23 heavy (non-hydrogen) atoms. The van der Waals surface area contributed by atoms with E-state index in [1.165, 1.54) is 0 Å². The molecule has 0 aromatic heterocycles. The summed E-state index contributed by atoms with van der Waals surface area (Å²) in [6.07, 6.45) is 1.54. The standard InChI is InChI=1S/C17H24N2O4/c1-11-5-4-6-14(12(11)2)15(16(20)21)18-17(22)19(3)13-7-9-23-10-8-13/h4-6,13,15H,7-10H2,1-3H3,(H,18,22)(H,20,21). The number of ether oxygens (including phenoxy) is 1. The van der Waals surface area contributed by atoms with Gasteiger partial charge >= 0.3 is 12.0 Å². The van der Waals surface area contributed by atoms with E-state index < -0.39 is 12.0 Å². The van der Waals surface area contributed by atoms with Gasteiger partial charge in [-0.1, -0.05) is 18.2 Å². The van der Waals surface area contributed by atoms with Gasteiger partial charge in [0.2, 0.25) is 0 Å². The number of nitrogens with zero attached hydrogens (tertiary/aromatic N) is 1. The Bertz CT molecular complexity index is 582. The van der Waals surface area contributed by atoms with Crippen molar-refractivity contribution in [2.45, 2.75) is 38.8 Å². The summed E-state index contributed by atoms with van der Waals surface area (Å²) in [6, 6.07) is 4.14. The van der Waals surface area contributed by atoms with Gasteiger partial charge in [0.25, 0.3) is 0 Å². The number of nitrogens with one attached hydrogen (secondary N) is 1. The Hall–Kier alpha value is -2.08. The maximum absolute atomic E-state index is 12.4. The third kappa shape index (κ3) is 4.01. The molecule has 0 aliphatic carbocycles. The van der Waals surface area contributed by atoms with E-state index in [1.54, 1.807) is 18.0 Å². The zero-order valence-corrected chi connectivity index (χ0v) is 13.8. The molecule has 1 fully saturated rings. The molecule has 1 aliphatic heterocycles. The Balaban J connectivity index is 2.14. The van der Waals surface area contributed by atoms with Gasteiger partial charge in [0.1, 0.15) is 0 Å². The third-order valence-electron chi connectivity index (χ3n) is 4.53. The number of carbonyl (C=O) groups is 2. The van der Waals surface area contributed by atoms with Gasteiger partial charge < -0.3 is 20.1 Å². The molecular weight excluding hydrogens is 296 g/mol. The first kappa shape index (κ1) is 17.3. The fourth-order valence-corrected chi connectivity index (χ4v) is 2.82. The Kier molecular flexibility index (Phi) is 5.60. The zero-order valence-electron chi connectivity index (χ0n) is 13.8. The van der Waals surface area contributed by atoms with Crippen LogP contribution in [-0.4, -0.2) is 48.3 Å². The number of urea groups is 1. The number of amides is 2. The molecule has 6 heteroatoms. The van der Waals surface area contributed by atoms with Crippen molar-refractivity contribution in [3.8, 4) is 0 Å². The topological polar surface area (TPSA) is 78.9 Å².